The monoisotopic (exact) mass is 256 g/mol. The maximum absolute atomic E-state index is 4.77. The first-order valence-electron chi connectivity index (χ1n) is 6.37. The first kappa shape index (κ1) is 11.7. The van der Waals surface area contributed by atoms with Crippen molar-refractivity contribution in [1.82, 2.24) is 9.97 Å². The Labute approximate surface area is 112 Å². The highest BCUT2D eigenvalue weighted by Crippen LogP contribution is 2.29. The Morgan fingerprint density at radius 1 is 1.00 bits per heavy atom. The summed E-state index contributed by atoms with van der Waals surface area (Å²) >= 11 is 1.74. The number of benzene rings is 1. The molecule has 0 spiro atoms. The van der Waals surface area contributed by atoms with Gasteiger partial charge in [0.15, 0.2) is 5.82 Å². The quantitative estimate of drug-likeness (QED) is 0.604. The van der Waals surface area contributed by atoms with Gasteiger partial charge in [0.1, 0.15) is 5.03 Å². The lowest BCUT2D eigenvalue weighted by atomic mass is 9.97. The molecule has 0 amide bonds. The molecule has 0 unspecified atom stereocenters. The summed E-state index contributed by atoms with van der Waals surface area (Å²) in [5.74, 6) is 0.876. The number of nitrogens with zero attached hydrogens (tertiary/aromatic N) is 2. The van der Waals surface area contributed by atoms with Crippen molar-refractivity contribution in [2.24, 2.45) is 0 Å². The molecule has 18 heavy (non-hydrogen) atoms. The van der Waals surface area contributed by atoms with Crippen LogP contribution in [-0.2, 0) is 12.8 Å². The molecule has 92 valence electrons. The molecule has 1 aromatic heterocycles. The van der Waals surface area contributed by atoms with E-state index < -0.39 is 0 Å². The van der Waals surface area contributed by atoms with Crippen molar-refractivity contribution in [2.75, 3.05) is 6.26 Å². The van der Waals surface area contributed by atoms with Crippen molar-refractivity contribution < 1.29 is 0 Å². The molecule has 0 N–H and O–H groups in total. The molecule has 2 nitrogen and oxygen atoms in total. The SMILES string of the molecule is CSc1nc(-c2ccccc2)nc2c1CCCC2. The van der Waals surface area contributed by atoms with Gasteiger partial charge in [-0.2, -0.15) is 0 Å². The summed E-state index contributed by atoms with van der Waals surface area (Å²) in [6.45, 7) is 0. The van der Waals surface area contributed by atoms with Crippen LogP contribution in [0.3, 0.4) is 0 Å². The predicted molar refractivity (Wildman–Crippen MR) is 75.9 cm³/mol. The number of aromatic nitrogens is 2. The summed E-state index contributed by atoms with van der Waals surface area (Å²) in [6.07, 6.45) is 6.87. The molecule has 1 aliphatic carbocycles. The van der Waals surface area contributed by atoms with Crippen molar-refractivity contribution in [3.63, 3.8) is 0 Å². The molecule has 3 rings (SSSR count). The van der Waals surface area contributed by atoms with Gasteiger partial charge in [-0.25, -0.2) is 9.97 Å². The topological polar surface area (TPSA) is 25.8 Å². The highest BCUT2D eigenvalue weighted by atomic mass is 32.2. The van der Waals surface area contributed by atoms with Gasteiger partial charge < -0.3 is 0 Å². The average Bonchev–Trinajstić information content (AvgIpc) is 2.47. The summed E-state index contributed by atoms with van der Waals surface area (Å²) in [6, 6.07) is 10.3. The fraction of sp³-hybridized carbons (Fsp3) is 0.333. The Balaban J connectivity index is 2.12. The molecule has 0 fully saturated rings. The molecule has 1 aliphatic rings. The molecular weight excluding hydrogens is 240 g/mol. The van der Waals surface area contributed by atoms with Crippen molar-refractivity contribution in [3.05, 3.63) is 41.6 Å². The van der Waals surface area contributed by atoms with Gasteiger partial charge in [-0.1, -0.05) is 30.3 Å². The van der Waals surface area contributed by atoms with Crippen LogP contribution in [-0.4, -0.2) is 16.2 Å². The van der Waals surface area contributed by atoms with Crippen LogP contribution in [0, 0.1) is 0 Å². The zero-order chi connectivity index (χ0) is 12.4. The second kappa shape index (κ2) is 5.11. The fourth-order valence-corrected chi connectivity index (χ4v) is 3.09. The maximum atomic E-state index is 4.77. The lowest BCUT2D eigenvalue weighted by molar-refractivity contribution is 0.647. The van der Waals surface area contributed by atoms with Crippen LogP contribution in [0.1, 0.15) is 24.1 Å². The van der Waals surface area contributed by atoms with E-state index in [1.165, 1.54) is 29.1 Å². The van der Waals surface area contributed by atoms with Gasteiger partial charge in [0.2, 0.25) is 0 Å². The highest BCUT2D eigenvalue weighted by Gasteiger charge is 2.17. The molecule has 3 heteroatoms. The van der Waals surface area contributed by atoms with Gasteiger partial charge in [0.25, 0.3) is 0 Å². The number of thioether (sulfide) groups is 1. The lowest BCUT2D eigenvalue weighted by Gasteiger charge is -2.18. The van der Waals surface area contributed by atoms with E-state index in [1.54, 1.807) is 11.8 Å². The van der Waals surface area contributed by atoms with E-state index in [0.717, 1.165) is 24.2 Å². The van der Waals surface area contributed by atoms with Crippen LogP contribution < -0.4 is 0 Å². The second-order valence-corrected chi connectivity index (χ2v) is 5.35. The van der Waals surface area contributed by atoms with Gasteiger partial charge in [0, 0.05) is 16.8 Å². The fourth-order valence-electron chi connectivity index (χ4n) is 2.44. The van der Waals surface area contributed by atoms with E-state index >= 15 is 0 Å². The Morgan fingerprint density at radius 2 is 1.78 bits per heavy atom. The van der Waals surface area contributed by atoms with E-state index in [4.69, 9.17) is 9.97 Å². The number of fused-ring (bicyclic) bond motifs is 1. The van der Waals surface area contributed by atoms with Crippen LogP contribution in [0.2, 0.25) is 0 Å². The van der Waals surface area contributed by atoms with Crippen LogP contribution >= 0.6 is 11.8 Å². The molecular formula is C15H16N2S. The van der Waals surface area contributed by atoms with Crippen molar-refractivity contribution in [3.8, 4) is 11.4 Å². The molecule has 2 aromatic rings. The van der Waals surface area contributed by atoms with Crippen LogP contribution in [0.5, 0.6) is 0 Å². The van der Waals surface area contributed by atoms with E-state index in [-0.39, 0.29) is 0 Å². The number of aryl methyl sites for hydroxylation is 1. The van der Waals surface area contributed by atoms with Crippen molar-refractivity contribution >= 4 is 11.8 Å². The van der Waals surface area contributed by atoms with E-state index in [1.807, 2.05) is 18.2 Å². The molecule has 0 radical (unpaired) electrons. The maximum Gasteiger partial charge on any atom is 0.160 e. The minimum atomic E-state index is 0.876. The van der Waals surface area contributed by atoms with E-state index in [0.29, 0.717) is 0 Å². The number of hydrogen-bond donors (Lipinski definition) is 0. The highest BCUT2D eigenvalue weighted by molar-refractivity contribution is 7.98. The molecule has 0 saturated carbocycles. The van der Waals surface area contributed by atoms with Gasteiger partial charge in [-0.15, -0.1) is 11.8 Å². The zero-order valence-corrected chi connectivity index (χ0v) is 11.3. The average molecular weight is 256 g/mol. The van der Waals surface area contributed by atoms with Gasteiger partial charge in [-0.05, 0) is 31.9 Å². The lowest BCUT2D eigenvalue weighted by Crippen LogP contribution is -2.09. The third kappa shape index (κ3) is 2.15. The molecule has 0 saturated heterocycles. The van der Waals surface area contributed by atoms with Gasteiger partial charge in [0.05, 0.1) is 0 Å². The Bertz CT molecular complexity index is 535. The predicted octanol–water partition coefficient (Wildman–Crippen LogP) is 3.74. The first-order valence-corrected chi connectivity index (χ1v) is 7.60. The summed E-state index contributed by atoms with van der Waals surface area (Å²) in [5.41, 5.74) is 3.76. The Morgan fingerprint density at radius 3 is 2.56 bits per heavy atom. The van der Waals surface area contributed by atoms with E-state index in [9.17, 15) is 0 Å². The Kier molecular flexibility index (Phi) is 3.33. The molecule has 0 aliphatic heterocycles. The minimum Gasteiger partial charge on any atom is -0.233 e. The molecule has 1 aromatic carbocycles. The Hall–Kier alpha value is -1.35. The third-order valence-electron chi connectivity index (χ3n) is 3.37. The minimum absolute atomic E-state index is 0.876. The first-order chi connectivity index (χ1) is 8.88. The third-order valence-corrected chi connectivity index (χ3v) is 4.09. The standard InChI is InChI=1S/C15H16N2S/c1-18-15-12-9-5-6-10-13(12)16-14(17-15)11-7-3-2-4-8-11/h2-4,7-8H,5-6,9-10H2,1H3. The summed E-state index contributed by atoms with van der Waals surface area (Å²) in [7, 11) is 0. The van der Waals surface area contributed by atoms with Crippen LogP contribution in [0.4, 0.5) is 0 Å². The van der Waals surface area contributed by atoms with Crippen molar-refractivity contribution in [1.29, 1.82) is 0 Å². The van der Waals surface area contributed by atoms with Crippen molar-refractivity contribution in [2.45, 2.75) is 30.7 Å². The number of hydrogen-bond acceptors (Lipinski definition) is 3. The number of rotatable bonds is 2. The normalized spacial score (nSPS) is 14.3. The van der Waals surface area contributed by atoms with Gasteiger partial charge >= 0.3 is 0 Å². The summed E-state index contributed by atoms with van der Waals surface area (Å²) < 4.78 is 0. The molecule has 0 bridgehead atoms. The van der Waals surface area contributed by atoms with Crippen LogP contribution in [0.15, 0.2) is 35.4 Å². The second-order valence-electron chi connectivity index (χ2n) is 4.55. The smallest absolute Gasteiger partial charge is 0.160 e. The summed E-state index contributed by atoms with van der Waals surface area (Å²) in [4.78, 5) is 9.49. The van der Waals surface area contributed by atoms with Gasteiger partial charge in [-0.3, -0.25) is 0 Å². The zero-order valence-electron chi connectivity index (χ0n) is 10.5. The largest absolute Gasteiger partial charge is 0.233 e. The van der Waals surface area contributed by atoms with E-state index in [2.05, 4.69) is 18.4 Å². The van der Waals surface area contributed by atoms with Crippen LogP contribution in [0.25, 0.3) is 11.4 Å². The molecule has 1 heterocycles. The molecule has 0 atom stereocenters. The summed E-state index contributed by atoms with van der Waals surface area (Å²) in [5, 5.41) is 1.17.